The van der Waals surface area contributed by atoms with Crippen LogP contribution in [0.15, 0.2) is 33.3 Å². The van der Waals surface area contributed by atoms with Gasteiger partial charge in [0.1, 0.15) is 0 Å². The summed E-state index contributed by atoms with van der Waals surface area (Å²) in [5.41, 5.74) is 7.22. The van der Waals surface area contributed by atoms with Gasteiger partial charge in [-0.05, 0) is 36.5 Å². The molecule has 100 valence electrons. The molecule has 2 N–H and O–H groups in total. The average Bonchev–Trinajstić information content (AvgIpc) is 3.13. The summed E-state index contributed by atoms with van der Waals surface area (Å²) in [7, 11) is 0. The Morgan fingerprint density at radius 1 is 1.42 bits per heavy atom. The smallest absolute Gasteiger partial charge is 0.228 e. The largest absolute Gasteiger partial charge is 0.339 e. The first-order valence-corrected chi connectivity index (χ1v) is 7.31. The fourth-order valence-electron chi connectivity index (χ4n) is 2.17. The van der Waals surface area contributed by atoms with Crippen LogP contribution in [0.2, 0.25) is 0 Å². The second-order valence-electron chi connectivity index (χ2n) is 5.12. The summed E-state index contributed by atoms with van der Waals surface area (Å²) in [5, 5.41) is 4.02. The quantitative estimate of drug-likeness (QED) is 0.919. The van der Waals surface area contributed by atoms with Crippen molar-refractivity contribution in [1.82, 2.24) is 10.1 Å². The van der Waals surface area contributed by atoms with Crippen molar-refractivity contribution in [2.45, 2.75) is 31.7 Å². The highest BCUT2D eigenvalue weighted by atomic mass is 79.9. The van der Waals surface area contributed by atoms with Crippen LogP contribution in [0.4, 0.5) is 0 Å². The lowest BCUT2D eigenvalue weighted by Gasteiger charge is -2.04. The zero-order valence-electron chi connectivity index (χ0n) is 10.6. The minimum absolute atomic E-state index is 0.166. The molecular weight excluding hydrogens is 306 g/mol. The second kappa shape index (κ2) is 5.43. The normalized spacial score (nSPS) is 16.5. The Morgan fingerprint density at radius 2 is 2.26 bits per heavy atom. The molecule has 0 spiro atoms. The Hall–Kier alpha value is -1.20. The van der Waals surface area contributed by atoms with Gasteiger partial charge in [-0.15, -0.1) is 0 Å². The number of benzene rings is 1. The minimum Gasteiger partial charge on any atom is -0.339 e. The van der Waals surface area contributed by atoms with Gasteiger partial charge in [0.05, 0.1) is 0 Å². The summed E-state index contributed by atoms with van der Waals surface area (Å²) in [6, 6.07) is 8.28. The van der Waals surface area contributed by atoms with Crippen LogP contribution in [0, 0.1) is 5.92 Å². The third-order valence-corrected chi connectivity index (χ3v) is 3.89. The molecule has 0 aliphatic heterocycles. The molecule has 0 radical (unpaired) electrons. The summed E-state index contributed by atoms with van der Waals surface area (Å²) in [5.74, 6) is 2.03. The van der Waals surface area contributed by atoms with E-state index in [1.165, 1.54) is 12.8 Å². The van der Waals surface area contributed by atoms with E-state index >= 15 is 0 Å². The van der Waals surface area contributed by atoms with Crippen LogP contribution in [0.25, 0.3) is 0 Å². The van der Waals surface area contributed by atoms with E-state index in [4.69, 9.17) is 10.3 Å². The predicted molar refractivity (Wildman–Crippen MR) is 75.6 cm³/mol. The van der Waals surface area contributed by atoms with Crippen LogP contribution in [0.1, 0.15) is 30.1 Å². The highest BCUT2D eigenvalue weighted by molar-refractivity contribution is 9.10. The van der Waals surface area contributed by atoms with Gasteiger partial charge in [-0.2, -0.15) is 4.98 Å². The average molecular weight is 322 g/mol. The number of hydrogen-bond donors (Lipinski definition) is 1. The van der Waals surface area contributed by atoms with Crippen molar-refractivity contribution in [3.8, 4) is 0 Å². The molecule has 1 fully saturated rings. The van der Waals surface area contributed by atoms with E-state index in [0.717, 1.165) is 15.9 Å². The van der Waals surface area contributed by atoms with E-state index in [9.17, 15) is 0 Å². The van der Waals surface area contributed by atoms with Gasteiger partial charge in [0, 0.05) is 23.4 Å². The number of halogens is 1. The van der Waals surface area contributed by atoms with Crippen LogP contribution in [-0.4, -0.2) is 16.2 Å². The summed E-state index contributed by atoms with van der Waals surface area (Å²) < 4.78 is 6.32. The van der Waals surface area contributed by atoms with Gasteiger partial charge < -0.3 is 10.3 Å². The van der Waals surface area contributed by atoms with E-state index in [-0.39, 0.29) is 6.04 Å². The van der Waals surface area contributed by atoms with Crippen molar-refractivity contribution in [3.05, 3.63) is 46.0 Å². The molecule has 1 aromatic heterocycles. The number of nitrogens with two attached hydrogens (primary N) is 1. The third kappa shape index (κ3) is 3.42. The second-order valence-corrected chi connectivity index (χ2v) is 6.03. The van der Waals surface area contributed by atoms with Gasteiger partial charge in [-0.3, -0.25) is 0 Å². The van der Waals surface area contributed by atoms with Gasteiger partial charge >= 0.3 is 0 Å². The first kappa shape index (κ1) is 12.8. The van der Waals surface area contributed by atoms with Gasteiger partial charge in [-0.1, -0.05) is 33.2 Å². The van der Waals surface area contributed by atoms with Crippen molar-refractivity contribution in [2.24, 2.45) is 11.7 Å². The molecule has 1 atom stereocenters. The molecule has 5 heteroatoms. The van der Waals surface area contributed by atoms with Crippen LogP contribution in [0.3, 0.4) is 0 Å². The fourth-order valence-corrected chi connectivity index (χ4v) is 2.61. The Labute approximate surface area is 120 Å². The lowest BCUT2D eigenvalue weighted by Crippen LogP contribution is -2.25. The molecule has 0 bridgehead atoms. The lowest BCUT2D eigenvalue weighted by atomic mass is 10.1. The summed E-state index contributed by atoms with van der Waals surface area (Å²) >= 11 is 3.46. The zero-order valence-corrected chi connectivity index (χ0v) is 12.1. The molecule has 0 saturated heterocycles. The molecule has 1 saturated carbocycles. The molecule has 0 amide bonds. The highest BCUT2D eigenvalue weighted by Crippen LogP contribution is 2.32. The molecule has 1 aliphatic rings. The van der Waals surface area contributed by atoms with Gasteiger partial charge in [0.25, 0.3) is 0 Å². The van der Waals surface area contributed by atoms with E-state index in [2.05, 4.69) is 38.2 Å². The van der Waals surface area contributed by atoms with Crippen molar-refractivity contribution >= 4 is 15.9 Å². The van der Waals surface area contributed by atoms with Gasteiger partial charge in [-0.25, -0.2) is 0 Å². The molecule has 1 aromatic carbocycles. The number of nitrogens with zero attached hydrogens (tertiary/aromatic N) is 2. The Bertz CT molecular complexity index is 565. The van der Waals surface area contributed by atoms with Crippen molar-refractivity contribution in [1.29, 1.82) is 0 Å². The number of aromatic nitrogens is 2. The first-order chi connectivity index (χ1) is 9.20. The topological polar surface area (TPSA) is 64.9 Å². The van der Waals surface area contributed by atoms with Crippen LogP contribution in [0.5, 0.6) is 0 Å². The van der Waals surface area contributed by atoms with Gasteiger partial charge in [0.2, 0.25) is 5.89 Å². The van der Waals surface area contributed by atoms with Crippen LogP contribution < -0.4 is 5.73 Å². The van der Waals surface area contributed by atoms with E-state index in [1.807, 2.05) is 12.1 Å². The lowest BCUT2D eigenvalue weighted by molar-refractivity contribution is 0.359. The number of rotatable bonds is 5. The minimum atomic E-state index is 0.166. The van der Waals surface area contributed by atoms with Crippen LogP contribution >= 0.6 is 15.9 Å². The maximum atomic E-state index is 6.06. The Morgan fingerprint density at radius 3 is 3.00 bits per heavy atom. The molecule has 1 aliphatic carbocycles. The van der Waals surface area contributed by atoms with Crippen molar-refractivity contribution in [2.75, 3.05) is 0 Å². The van der Waals surface area contributed by atoms with E-state index in [1.54, 1.807) is 0 Å². The summed E-state index contributed by atoms with van der Waals surface area (Å²) in [6.07, 6.45) is 3.85. The monoisotopic (exact) mass is 321 g/mol. The first-order valence-electron chi connectivity index (χ1n) is 6.52. The molecule has 1 unspecified atom stereocenters. The predicted octanol–water partition coefficient (Wildman–Crippen LogP) is 2.70. The van der Waals surface area contributed by atoms with Crippen molar-refractivity contribution < 1.29 is 4.52 Å². The van der Waals surface area contributed by atoms with E-state index in [0.29, 0.717) is 24.7 Å². The molecule has 3 rings (SSSR count). The molecular formula is C14H16BrN3O. The Balaban J connectivity index is 1.64. The molecule has 1 heterocycles. The van der Waals surface area contributed by atoms with Gasteiger partial charge in [0.15, 0.2) is 5.82 Å². The molecule has 19 heavy (non-hydrogen) atoms. The molecule has 2 aromatic rings. The maximum absolute atomic E-state index is 6.06. The third-order valence-electron chi connectivity index (χ3n) is 3.40. The molecule has 4 nitrogen and oxygen atoms in total. The number of hydrogen-bond acceptors (Lipinski definition) is 4. The fraction of sp³-hybridized carbons (Fsp3) is 0.429. The summed E-state index contributed by atoms with van der Waals surface area (Å²) in [4.78, 5) is 4.41. The SMILES string of the molecule is NC(Cc1nc(Cc2cccc(Br)c2)no1)C1CC1. The highest BCUT2D eigenvalue weighted by Gasteiger charge is 2.29. The maximum Gasteiger partial charge on any atom is 0.228 e. The van der Waals surface area contributed by atoms with E-state index < -0.39 is 0 Å². The summed E-state index contributed by atoms with van der Waals surface area (Å²) in [6.45, 7) is 0. The Kier molecular flexibility index (Phi) is 3.66. The standard InChI is InChI=1S/C14H16BrN3O/c15-11-3-1-2-9(6-11)7-13-17-14(19-18-13)8-12(16)10-4-5-10/h1-3,6,10,12H,4-5,7-8,16H2. The van der Waals surface area contributed by atoms with Crippen molar-refractivity contribution in [3.63, 3.8) is 0 Å². The zero-order chi connectivity index (χ0) is 13.2. The van der Waals surface area contributed by atoms with Crippen LogP contribution in [-0.2, 0) is 12.8 Å².